The van der Waals surface area contributed by atoms with E-state index in [0.29, 0.717) is 33.9 Å². The summed E-state index contributed by atoms with van der Waals surface area (Å²) in [5.41, 5.74) is 0.0169. The standard InChI is InChI=1S/C23H20O5/c1-26-19-14-8-12-17(21(19)27-2)23(15-9-4-3-5-10-15)22(25)20(24)16-11-6-7-13-18(16)28-23/h3-14,22,25H,1-2H3. The Labute approximate surface area is 163 Å². The molecule has 142 valence electrons. The molecule has 0 bridgehead atoms. The van der Waals surface area contributed by atoms with Crippen molar-refractivity contribution >= 4 is 5.78 Å². The van der Waals surface area contributed by atoms with E-state index in [9.17, 15) is 9.90 Å². The summed E-state index contributed by atoms with van der Waals surface area (Å²) in [4.78, 5) is 13.1. The number of methoxy groups -OCH3 is 2. The fraction of sp³-hybridized carbons (Fsp3) is 0.174. The van der Waals surface area contributed by atoms with Gasteiger partial charge in [-0.2, -0.15) is 0 Å². The number of hydrogen-bond acceptors (Lipinski definition) is 5. The third-order valence-corrected chi connectivity index (χ3v) is 5.06. The molecular formula is C23H20O5. The van der Waals surface area contributed by atoms with Crippen LogP contribution in [-0.4, -0.2) is 31.2 Å². The van der Waals surface area contributed by atoms with Gasteiger partial charge in [0, 0.05) is 11.1 Å². The molecule has 1 aliphatic rings. The van der Waals surface area contributed by atoms with Crippen LogP contribution in [0.15, 0.2) is 72.8 Å². The highest BCUT2D eigenvalue weighted by Gasteiger charge is 2.53. The highest BCUT2D eigenvalue weighted by Crippen LogP contribution is 2.49. The zero-order chi connectivity index (χ0) is 19.7. The molecule has 0 saturated heterocycles. The Kier molecular flexibility index (Phi) is 4.53. The van der Waals surface area contributed by atoms with Gasteiger partial charge in [0.25, 0.3) is 0 Å². The molecule has 3 aromatic carbocycles. The van der Waals surface area contributed by atoms with Crippen LogP contribution in [0.5, 0.6) is 17.2 Å². The maximum Gasteiger partial charge on any atom is 0.199 e. The minimum Gasteiger partial charge on any atom is -0.493 e. The highest BCUT2D eigenvalue weighted by atomic mass is 16.5. The maximum atomic E-state index is 13.1. The highest BCUT2D eigenvalue weighted by molar-refractivity contribution is 6.04. The number of aliphatic hydroxyl groups is 1. The van der Waals surface area contributed by atoms with Gasteiger partial charge >= 0.3 is 0 Å². The van der Waals surface area contributed by atoms with Crippen molar-refractivity contribution in [2.45, 2.75) is 11.7 Å². The number of carbonyl (C=O) groups excluding carboxylic acids is 1. The number of fused-ring (bicyclic) bond motifs is 1. The molecule has 1 heterocycles. The van der Waals surface area contributed by atoms with Crippen LogP contribution in [-0.2, 0) is 5.60 Å². The van der Waals surface area contributed by atoms with Crippen molar-refractivity contribution in [2.75, 3.05) is 14.2 Å². The average molecular weight is 376 g/mol. The molecule has 28 heavy (non-hydrogen) atoms. The van der Waals surface area contributed by atoms with Gasteiger partial charge in [-0.1, -0.05) is 54.6 Å². The number of Topliss-reactive ketones (excluding diaryl/α,β-unsaturated/α-hetero) is 1. The fourth-order valence-corrected chi connectivity index (χ4v) is 3.76. The number of hydrogen-bond donors (Lipinski definition) is 1. The van der Waals surface area contributed by atoms with E-state index in [-0.39, 0.29) is 0 Å². The molecule has 4 rings (SSSR count). The van der Waals surface area contributed by atoms with Crippen molar-refractivity contribution < 1.29 is 24.1 Å². The number of para-hydroxylation sites is 2. The number of aliphatic hydroxyl groups excluding tert-OH is 1. The monoisotopic (exact) mass is 376 g/mol. The van der Waals surface area contributed by atoms with Crippen LogP contribution < -0.4 is 14.2 Å². The zero-order valence-corrected chi connectivity index (χ0v) is 15.6. The SMILES string of the molecule is COc1cccc(C2(c3ccccc3)Oc3ccccc3C(=O)C2O)c1OC. The molecule has 2 atom stereocenters. The number of rotatable bonds is 4. The summed E-state index contributed by atoms with van der Waals surface area (Å²) in [5, 5.41) is 11.3. The number of ether oxygens (including phenoxy) is 3. The summed E-state index contributed by atoms with van der Waals surface area (Å²) in [7, 11) is 3.06. The Morgan fingerprint density at radius 1 is 0.893 bits per heavy atom. The zero-order valence-electron chi connectivity index (χ0n) is 15.6. The Morgan fingerprint density at radius 3 is 2.32 bits per heavy atom. The lowest BCUT2D eigenvalue weighted by Crippen LogP contribution is -2.53. The van der Waals surface area contributed by atoms with Crippen LogP contribution in [0.3, 0.4) is 0 Å². The first kappa shape index (κ1) is 18.1. The lowest BCUT2D eigenvalue weighted by molar-refractivity contribution is -0.0275. The third-order valence-electron chi connectivity index (χ3n) is 5.06. The number of carbonyl (C=O) groups is 1. The van der Waals surface area contributed by atoms with Gasteiger partial charge in [0.05, 0.1) is 19.8 Å². The molecule has 5 nitrogen and oxygen atoms in total. The summed E-state index contributed by atoms with van der Waals surface area (Å²) in [6, 6.07) is 21.4. The van der Waals surface area contributed by atoms with E-state index in [2.05, 4.69) is 0 Å². The second kappa shape index (κ2) is 7.02. The molecule has 0 aliphatic carbocycles. The van der Waals surface area contributed by atoms with E-state index in [1.54, 1.807) is 42.5 Å². The first-order chi connectivity index (χ1) is 13.6. The second-order valence-corrected chi connectivity index (χ2v) is 6.51. The van der Waals surface area contributed by atoms with Crippen molar-refractivity contribution in [1.29, 1.82) is 0 Å². The van der Waals surface area contributed by atoms with E-state index in [1.807, 2.05) is 30.3 Å². The van der Waals surface area contributed by atoms with Crippen LogP contribution in [0.4, 0.5) is 0 Å². The molecule has 0 amide bonds. The van der Waals surface area contributed by atoms with Crippen LogP contribution in [0, 0.1) is 0 Å². The van der Waals surface area contributed by atoms with Crippen LogP contribution in [0.1, 0.15) is 21.5 Å². The topological polar surface area (TPSA) is 65.0 Å². The van der Waals surface area contributed by atoms with E-state index in [0.717, 1.165) is 0 Å². The largest absolute Gasteiger partial charge is 0.493 e. The second-order valence-electron chi connectivity index (χ2n) is 6.51. The summed E-state index contributed by atoms with van der Waals surface area (Å²) in [6.45, 7) is 0. The minimum atomic E-state index is -1.48. The van der Waals surface area contributed by atoms with Gasteiger partial charge in [-0.05, 0) is 18.2 Å². The van der Waals surface area contributed by atoms with E-state index < -0.39 is 17.5 Å². The number of benzene rings is 3. The Hall–Kier alpha value is -3.31. The van der Waals surface area contributed by atoms with Gasteiger partial charge in [-0.3, -0.25) is 4.79 Å². The van der Waals surface area contributed by atoms with Crippen molar-refractivity contribution in [1.82, 2.24) is 0 Å². The van der Waals surface area contributed by atoms with Gasteiger partial charge in [-0.15, -0.1) is 0 Å². The molecule has 0 saturated carbocycles. The van der Waals surface area contributed by atoms with Crippen LogP contribution in [0.2, 0.25) is 0 Å². The fourth-order valence-electron chi connectivity index (χ4n) is 3.76. The van der Waals surface area contributed by atoms with Crippen molar-refractivity contribution in [2.24, 2.45) is 0 Å². The summed E-state index contributed by atoms with van der Waals surface area (Å²) in [6.07, 6.45) is -1.47. The molecule has 5 heteroatoms. The molecule has 2 unspecified atom stereocenters. The first-order valence-corrected chi connectivity index (χ1v) is 8.90. The summed E-state index contributed by atoms with van der Waals surface area (Å²) in [5.74, 6) is 0.889. The maximum absolute atomic E-state index is 13.1. The summed E-state index contributed by atoms with van der Waals surface area (Å²) >= 11 is 0. The first-order valence-electron chi connectivity index (χ1n) is 8.90. The molecule has 1 aliphatic heterocycles. The molecule has 0 fully saturated rings. The van der Waals surface area contributed by atoms with Crippen molar-refractivity contribution in [3.05, 3.63) is 89.5 Å². The van der Waals surface area contributed by atoms with Gasteiger partial charge in [0.1, 0.15) is 5.75 Å². The average Bonchev–Trinajstić information content (AvgIpc) is 2.76. The van der Waals surface area contributed by atoms with Gasteiger partial charge in [0.2, 0.25) is 0 Å². The lowest BCUT2D eigenvalue weighted by atomic mass is 9.76. The van der Waals surface area contributed by atoms with Gasteiger partial charge in [-0.25, -0.2) is 0 Å². The summed E-state index contributed by atoms with van der Waals surface area (Å²) < 4.78 is 17.5. The molecule has 3 aromatic rings. The Bertz CT molecular complexity index is 1010. The number of ketones is 1. The van der Waals surface area contributed by atoms with E-state index in [1.165, 1.54) is 14.2 Å². The Morgan fingerprint density at radius 2 is 1.61 bits per heavy atom. The quantitative estimate of drug-likeness (QED) is 0.754. The van der Waals surface area contributed by atoms with Crippen molar-refractivity contribution in [3.8, 4) is 17.2 Å². The molecule has 1 N–H and O–H groups in total. The van der Waals surface area contributed by atoms with E-state index >= 15 is 0 Å². The van der Waals surface area contributed by atoms with Crippen LogP contribution >= 0.6 is 0 Å². The molecular weight excluding hydrogens is 356 g/mol. The molecule has 0 radical (unpaired) electrons. The van der Waals surface area contributed by atoms with Crippen LogP contribution in [0.25, 0.3) is 0 Å². The third kappa shape index (κ3) is 2.55. The van der Waals surface area contributed by atoms with Gasteiger partial charge in [0.15, 0.2) is 29.0 Å². The van der Waals surface area contributed by atoms with E-state index in [4.69, 9.17) is 14.2 Å². The minimum absolute atomic E-state index is 0.350. The molecule has 0 aromatic heterocycles. The predicted molar refractivity (Wildman–Crippen MR) is 104 cm³/mol. The lowest BCUT2D eigenvalue weighted by Gasteiger charge is -2.42. The van der Waals surface area contributed by atoms with Crippen molar-refractivity contribution in [3.63, 3.8) is 0 Å². The molecule has 0 spiro atoms. The smallest absolute Gasteiger partial charge is 0.199 e. The predicted octanol–water partition coefficient (Wildman–Crippen LogP) is 3.58. The Balaban J connectivity index is 2.06. The van der Waals surface area contributed by atoms with Gasteiger partial charge < -0.3 is 19.3 Å². The normalized spacial score (nSPS) is 20.8.